The van der Waals surface area contributed by atoms with Crippen LogP contribution in [0.1, 0.15) is 41.1 Å². The minimum absolute atomic E-state index is 0.0895. The summed E-state index contributed by atoms with van der Waals surface area (Å²) < 4.78 is 49.6. The van der Waals surface area contributed by atoms with Crippen LogP contribution in [0.25, 0.3) is 0 Å². The lowest BCUT2D eigenvalue weighted by Gasteiger charge is -2.40. The molecule has 1 aromatic heterocycles. The number of benzene rings is 1. The van der Waals surface area contributed by atoms with Gasteiger partial charge in [0.05, 0.1) is 18.8 Å². The Kier molecular flexibility index (Phi) is 7.15. The van der Waals surface area contributed by atoms with Gasteiger partial charge in [0.1, 0.15) is 6.54 Å². The molecule has 2 aliphatic rings. The predicted octanol–water partition coefficient (Wildman–Crippen LogP) is 3.22. The molecule has 190 valence electrons. The van der Waals surface area contributed by atoms with Crippen molar-refractivity contribution in [2.45, 2.75) is 31.0 Å². The van der Waals surface area contributed by atoms with Crippen LogP contribution in [0, 0.1) is 0 Å². The first-order chi connectivity index (χ1) is 16.6. The normalized spacial score (nSPS) is 21.1. The Morgan fingerprint density at radius 1 is 1.11 bits per heavy atom. The molecule has 2 unspecified atom stereocenters. The summed E-state index contributed by atoms with van der Waals surface area (Å²) in [6, 6.07) is 4.79. The second-order valence-electron chi connectivity index (χ2n) is 8.72. The van der Waals surface area contributed by atoms with Crippen LogP contribution >= 0.6 is 0 Å². The number of carbonyl (C=O) groups excluding carboxylic acids is 1. The molecular formula is C22H26F3N5O5. The number of nitrogens with zero attached hydrogens (tertiary/aromatic N) is 5. The first kappa shape index (κ1) is 24.8. The Balaban J connectivity index is 1.57. The first-order valence-electron chi connectivity index (χ1n) is 11.2. The molecule has 2 atom stereocenters. The molecule has 0 spiro atoms. The molecule has 13 heteroatoms. The summed E-state index contributed by atoms with van der Waals surface area (Å²) in [5, 5.41) is 13.1. The van der Waals surface area contributed by atoms with E-state index in [1.165, 1.54) is 19.2 Å². The van der Waals surface area contributed by atoms with Crippen molar-refractivity contribution in [3.8, 4) is 0 Å². The maximum absolute atomic E-state index is 13.2. The molecule has 2 fully saturated rings. The number of carbonyl (C=O) groups is 2. The Bertz CT molecular complexity index is 1040. The fourth-order valence-electron chi connectivity index (χ4n) is 4.35. The third kappa shape index (κ3) is 5.84. The molecule has 2 aliphatic heterocycles. The van der Waals surface area contributed by atoms with E-state index in [1.54, 1.807) is 9.80 Å². The van der Waals surface area contributed by atoms with Gasteiger partial charge in [-0.2, -0.15) is 18.2 Å². The van der Waals surface area contributed by atoms with Crippen LogP contribution in [0.4, 0.5) is 22.8 Å². The van der Waals surface area contributed by atoms with Gasteiger partial charge in [0.2, 0.25) is 5.89 Å². The second-order valence-corrected chi connectivity index (χ2v) is 8.72. The molecule has 3 heterocycles. The molecule has 0 radical (unpaired) electrons. The van der Waals surface area contributed by atoms with Crippen LogP contribution in [-0.4, -0.2) is 88.5 Å². The van der Waals surface area contributed by atoms with Crippen molar-refractivity contribution < 1.29 is 37.1 Å². The number of rotatable bonds is 4. The highest BCUT2D eigenvalue weighted by molar-refractivity contribution is 5.75. The lowest BCUT2D eigenvalue weighted by atomic mass is 9.84. The number of morpholine rings is 1. The van der Waals surface area contributed by atoms with Gasteiger partial charge >= 0.3 is 18.3 Å². The zero-order chi connectivity index (χ0) is 25.2. The number of ether oxygens (including phenoxy) is 1. The molecule has 0 aliphatic carbocycles. The lowest BCUT2D eigenvalue weighted by Crippen LogP contribution is -2.52. The summed E-state index contributed by atoms with van der Waals surface area (Å²) in [6.07, 6.45) is -5.09. The molecule has 0 bridgehead atoms. The number of likely N-dealkylation sites (tertiary alicyclic amines) is 1. The van der Waals surface area contributed by atoms with Crippen molar-refractivity contribution >= 4 is 12.1 Å². The number of alkyl halides is 3. The maximum Gasteiger partial charge on any atom is 0.416 e. The van der Waals surface area contributed by atoms with Crippen molar-refractivity contribution in [1.82, 2.24) is 24.8 Å². The van der Waals surface area contributed by atoms with Crippen molar-refractivity contribution in [2.24, 2.45) is 0 Å². The van der Waals surface area contributed by atoms with Gasteiger partial charge in [-0.25, -0.2) is 9.59 Å². The Hall–Kier alpha value is -3.35. The zero-order valence-electron chi connectivity index (χ0n) is 19.1. The number of hydrogen-bond donors (Lipinski definition) is 1. The summed E-state index contributed by atoms with van der Waals surface area (Å²) >= 11 is 0. The number of aromatic nitrogens is 2. The van der Waals surface area contributed by atoms with E-state index < -0.39 is 17.8 Å². The van der Waals surface area contributed by atoms with Crippen LogP contribution in [0.15, 0.2) is 28.8 Å². The standard InChI is InChI=1S/C22H26F3N5O5/c1-28(21(32)33)13-18-26-19(27-35-18)16-10-15(14-2-4-17(5-3-14)22(23,24)25)11-30(12-16)20(31)29-6-8-34-9-7-29/h2-5,15-16H,6-13H2,1H3,(H,32,33). The minimum Gasteiger partial charge on any atom is -0.465 e. The number of hydrogen-bond acceptors (Lipinski definition) is 6. The molecule has 3 amide bonds. The molecule has 35 heavy (non-hydrogen) atoms. The van der Waals surface area contributed by atoms with E-state index in [9.17, 15) is 22.8 Å². The van der Waals surface area contributed by atoms with Gasteiger partial charge in [-0.15, -0.1) is 0 Å². The van der Waals surface area contributed by atoms with E-state index >= 15 is 0 Å². The Labute approximate surface area is 199 Å². The van der Waals surface area contributed by atoms with E-state index in [-0.39, 0.29) is 30.3 Å². The third-order valence-electron chi connectivity index (χ3n) is 6.26. The number of carboxylic acid groups (broad SMARTS) is 1. The van der Waals surface area contributed by atoms with E-state index in [4.69, 9.17) is 14.4 Å². The zero-order valence-corrected chi connectivity index (χ0v) is 19.1. The second kappa shape index (κ2) is 10.1. The van der Waals surface area contributed by atoms with Crippen LogP contribution in [0.5, 0.6) is 0 Å². The first-order valence-corrected chi connectivity index (χ1v) is 11.2. The summed E-state index contributed by atoms with van der Waals surface area (Å²) in [4.78, 5) is 33.0. The molecule has 4 rings (SSSR count). The molecular weight excluding hydrogens is 471 g/mol. The van der Waals surface area contributed by atoms with Crippen molar-refractivity contribution in [3.63, 3.8) is 0 Å². The highest BCUT2D eigenvalue weighted by Gasteiger charge is 2.37. The van der Waals surface area contributed by atoms with E-state index in [2.05, 4.69) is 10.1 Å². The lowest BCUT2D eigenvalue weighted by molar-refractivity contribution is -0.137. The van der Waals surface area contributed by atoms with Gasteiger partial charge in [0, 0.05) is 45.1 Å². The molecule has 1 aromatic carbocycles. The average molecular weight is 497 g/mol. The van der Waals surface area contributed by atoms with E-state index in [1.807, 2.05) is 0 Å². The molecule has 2 saturated heterocycles. The molecule has 0 saturated carbocycles. The highest BCUT2D eigenvalue weighted by Crippen LogP contribution is 2.37. The van der Waals surface area contributed by atoms with Gasteiger partial charge in [0.15, 0.2) is 5.82 Å². The maximum atomic E-state index is 13.2. The van der Waals surface area contributed by atoms with Crippen molar-refractivity contribution in [2.75, 3.05) is 46.4 Å². The van der Waals surface area contributed by atoms with Crippen LogP contribution < -0.4 is 0 Å². The van der Waals surface area contributed by atoms with Crippen molar-refractivity contribution in [3.05, 3.63) is 47.1 Å². The molecule has 10 nitrogen and oxygen atoms in total. The van der Waals surface area contributed by atoms with E-state index in [0.717, 1.165) is 17.0 Å². The Morgan fingerprint density at radius 3 is 2.40 bits per heavy atom. The quantitative estimate of drug-likeness (QED) is 0.690. The number of amides is 3. The third-order valence-corrected chi connectivity index (χ3v) is 6.26. The summed E-state index contributed by atoms with van der Waals surface area (Å²) in [5.74, 6) is -0.138. The summed E-state index contributed by atoms with van der Waals surface area (Å²) in [5.41, 5.74) is -0.0583. The van der Waals surface area contributed by atoms with Crippen molar-refractivity contribution in [1.29, 1.82) is 0 Å². The number of halogens is 3. The van der Waals surface area contributed by atoms with Crippen LogP contribution in [0.3, 0.4) is 0 Å². The van der Waals surface area contributed by atoms with Crippen LogP contribution in [0.2, 0.25) is 0 Å². The fourth-order valence-corrected chi connectivity index (χ4v) is 4.35. The minimum atomic E-state index is -4.43. The fraction of sp³-hybridized carbons (Fsp3) is 0.545. The SMILES string of the molecule is CN(Cc1nc(C2CC(c3ccc(C(F)(F)F)cc3)CN(C(=O)N3CCOCC3)C2)no1)C(=O)O. The van der Waals surface area contributed by atoms with Crippen LogP contribution in [-0.2, 0) is 17.5 Å². The highest BCUT2D eigenvalue weighted by atomic mass is 19.4. The topological polar surface area (TPSA) is 112 Å². The summed E-state index contributed by atoms with van der Waals surface area (Å²) in [7, 11) is 1.37. The Morgan fingerprint density at radius 2 is 1.77 bits per heavy atom. The largest absolute Gasteiger partial charge is 0.465 e. The van der Waals surface area contributed by atoms with Gasteiger partial charge in [-0.1, -0.05) is 17.3 Å². The van der Waals surface area contributed by atoms with Gasteiger partial charge in [0.25, 0.3) is 0 Å². The summed E-state index contributed by atoms with van der Waals surface area (Å²) in [6.45, 7) is 2.35. The van der Waals surface area contributed by atoms with Gasteiger partial charge < -0.3 is 29.1 Å². The van der Waals surface area contributed by atoms with E-state index in [0.29, 0.717) is 57.2 Å². The smallest absolute Gasteiger partial charge is 0.416 e. The predicted molar refractivity (Wildman–Crippen MR) is 115 cm³/mol. The molecule has 2 aromatic rings. The monoisotopic (exact) mass is 497 g/mol. The van der Waals surface area contributed by atoms with Gasteiger partial charge in [-0.05, 0) is 24.1 Å². The molecule has 1 N–H and O–H groups in total. The average Bonchev–Trinajstić information content (AvgIpc) is 3.32. The van der Waals surface area contributed by atoms with Gasteiger partial charge in [-0.3, -0.25) is 0 Å². The number of piperidine rings is 1. The number of urea groups is 1.